The first kappa shape index (κ1) is 19.3. The van der Waals surface area contributed by atoms with E-state index in [0.29, 0.717) is 5.92 Å². The van der Waals surface area contributed by atoms with Gasteiger partial charge in [0.2, 0.25) is 0 Å². The molecule has 0 spiro atoms. The van der Waals surface area contributed by atoms with Crippen molar-refractivity contribution in [1.29, 1.82) is 0 Å². The number of rotatable bonds is 5. The monoisotopic (exact) mass is 449 g/mol. The van der Waals surface area contributed by atoms with Crippen LogP contribution in [0.5, 0.6) is 0 Å². The Morgan fingerprint density at radius 1 is 1.23 bits per heavy atom. The van der Waals surface area contributed by atoms with E-state index in [0.717, 1.165) is 24.1 Å². The van der Waals surface area contributed by atoms with Crippen LogP contribution in [-0.4, -0.2) is 19.6 Å². The molecular formula is C16H21ClIN3S. The van der Waals surface area contributed by atoms with Gasteiger partial charge in [0.15, 0.2) is 5.96 Å². The molecular weight excluding hydrogens is 429 g/mol. The van der Waals surface area contributed by atoms with Crippen molar-refractivity contribution in [3.05, 3.63) is 57.2 Å². The number of guanidine groups is 1. The van der Waals surface area contributed by atoms with E-state index in [1.165, 1.54) is 10.4 Å². The molecule has 1 heterocycles. The van der Waals surface area contributed by atoms with Crippen LogP contribution in [0, 0.1) is 0 Å². The first-order valence-corrected chi connectivity index (χ1v) is 8.17. The zero-order valence-corrected chi connectivity index (χ0v) is 16.6. The van der Waals surface area contributed by atoms with Gasteiger partial charge in [-0.3, -0.25) is 4.99 Å². The van der Waals surface area contributed by atoms with Crippen LogP contribution in [0.1, 0.15) is 23.3 Å². The van der Waals surface area contributed by atoms with Crippen molar-refractivity contribution in [3.63, 3.8) is 0 Å². The van der Waals surface area contributed by atoms with E-state index in [4.69, 9.17) is 11.6 Å². The number of halogens is 2. The topological polar surface area (TPSA) is 36.4 Å². The van der Waals surface area contributed by atoms with Gasteiger partial charge in [-0.2, -0.15) is 0 Å². The normalized spacial score (nSPS) is 12.4. The third-order valence-corrected chi connectivity index (χ3v) is 4.56. The van der Waals surface area contributed by atoms with E-state index in [9.17, 15) is 0 Å². The molecule has 0 saturated heterocycles. The van der Waals surface area contributed by atoms with Crippen LogP contribution < -0.4 is 10.6 Å². The second-order valence-electron chi connectivity index (χ2n) is 4.85. The molecule has 1 aromatic heterocycles. The van der Waals surface area contributed by atoms with E-state index < -0.39 is 0 Å². The second kappa shape index (κ2) is 10.1. The Balaban J connectivity index is 0.00000242. The van der Waals surface area contributed by atoms with E-state index in [-0.39, 0.29) is 24.0 Å². The van der Waals surface area contributed by atoms with Gasteiger partial charge >= 0.3 is 0 Å². The molecule has 0 aliphatic carbocycles. The van der Waals surface area contributed by atoms with Gasteiger partial charge in [-0.1, -0.05) is 36.7 Å². The highest BCUT2D eigenvalue weighted by molar-refractivity contribution is 14.0. The summed E-state index contributed by atoms with van der Waals surface area (Å²) in [4.78, 5) is 5.63. The van der Waals surface area contributed by atoms with Gasteiger partial charge in [0, 0.05) is 36.0 Å². The number of nitrogens with zero attached hydrogens (tertiary/aromatic N) is 1. The molecule has 6 heteroatoms. The maximum atomic E-state index is 5.88. The molecule has 1 unspecified atom stereocenters. The summed E-state index contributed by atoms with van der Waals surface area (Å²) in [6, 6.07) is 12.1. The smallest absolute Gasteiger partial charge is 0.191 e. The summed E-state index contributed by atoms with van der Waals surface area (Å²) in [5.74, 6) is 1.28. The number of thiophene rings is 1. The molecule has 3 nitrogen and oxygen atoms in total. The van der Waals surface area contributed by atoms with E-state index in [1.54, 1.807) is 18.4 Å². The Morgan fingerprint density at radius 3 is 2.55 bits per heavy atom. The van der Waals surface area contributed by atoms with Gasteiger partial charge in [0.1, 0.15) is 0 Å². The van der Waals surface area contributed by atoms with Crippen molar-refractivity contribution in [1.82, 2.24) is 10.6 Å². The lowest BCUT2D eigenvalue weighted by Gasteiger charge is -2.15. The molecule has 2 N–H and O–H groups in total. The summed E-state index contributed by atoms with van der Waals surface area (Å²) < 4.78 is 0. The second-order valence-corrected chi connectivity index (χ2v) is 6.27. The molecule has 0 fully saturated rings. The molecule has 0 aliphatic heterocycles. The van der Waals surface area contributed by atoms with Gasteiger partial charge < -0.3 is 10.6 Å². The molecule has 0 bridgehead atoms. The fraction of sp³-hybridized carbons (Fsp3) is 0.312. The summed E-state index contributed by atoms with van der Waals surface area (Å²) in [5.41, 5.74) is 1.17. The standard InChI is InChI=1S/C16H20ClN3S.HI/c1-12(15-4-3-9-21-15)10-19-16(18-2)20-11-13-5-7-14(17)8-6-13;/h3-9,12H,10-11H2,1-2H3,(H2,18,19,20);1H. The van der Waals surface area contributed by atoms with Gasteiger partial charge in [-0.15, -0.1) is 35.3 Å². The average Bonchev–Trinajstić information content (AvgIpc) is 3.03. The first-order valence-electron chi connectivity index (χ1n) is 6.91. The number of hydrogen-bond acceptors (Lipinski definition) is 2. The number of aliphatic imine (C=N–C) groups is 1. The quantitative estimate of drug-likeness (QED) is 0.401. The highest BCUT2D eigenvalue weighted by atomic mass is 127. The minimum Gasteiger partial charge on any atom is -0.356 e. The molecule has 120 valence electrons. The molecule has 0 saturated carbocycles. The van der Waals surface area contributed by atoms with E-state index in [2.05, 4.69) is 40.1 Å². The highest BCUT2D eigenvalue weighted by Crippen LogP contribution is 2.19. The van der Waals surface area contributed by atoms with Crippen molar-refractivity contribution in [3.8, 4) is 0 Å². The molecule has 0 aliphatic rings. The largest absolute Gasteiger partial charge is 0.356 e. The zero-order valence-electron chi connectivity index (χ0n) is 12.7. The minimum atomic E-state index is 0. The van der Waals surface area contributed by atoms with Crippen LogP contribution in [-0.2, 0) is 6.54 Å². The van der Waals surface area contributed by atoms with Crippen molar-refractivity contribution < 1.29 is 0 Å². The summed E-state index contributed by atoms with van der Waals surface area (Å²) in [7, 11) is 1.78. The Bertz CT molecular complexity index is 570. The molecule has 0 amide bonds. The van der Waals surface area contributed by atoms with Crippen molar-refractivity contribution in [2.24, 2.45) is 4.99 Å². The predicted molar refractivity (Wildman–Crippen MR) is 108 cm³/mol. The van der Waals surface area contributed by atoms with E-state index >= 15 is 0 Å². The molecule has 22 heavy (non-hydrogen) atoms. The maximum Gasteiger partial charge on any atom is 0.191 e. The fourth-order valence-corrected chi connectivity index (χ4v) is 2.84. The summed E-state index contributed by atoms with van der Waals surface area (Å²) in [6.45, 7) is 3.80. The van der Waals surface area contributed by atoms with Gasteiger partial charge in [-0.05, 0) is 29.1 Å². The Kier molecular flexibility index (Phi) is 8.82. The van der Waals surface area contributed by atoms with Crippen LogP contribution in [0.25, 0.3) is 0 Å². The predicted octanol–water partition coefficient (Wildman–Crippen LogP) is 4.49. The zero-order chi connectivity index (χ0) is 15.1. The van der Waals surface area contributed by atoms with E-state index in [1.807, 2.05) is 24.3 Å². The third-order valence-electron chi connectivity index (χ3n) is 3.20. The maximum absolute atomic E-state index is 5.88. The Hall–Kier alpha value is -0.790. The number of benzene rings is 1. The van der Waals surface area contributed by atoms with Crippen LogP contribution in [0.4, 0.5) is 0 Å². The lowest BCUT2D eigenvalue weighted by molar-refractivity contribution is 0.708. The summed E-state index contributed by atoms with van der Waals surface area (Å²) in [5, 5.41) is 9.53. The fourth-order valence-electron chi connectivity index (χ4n) is 1.93. The molecule has 1 atom stereocenters. The van der Waals surface area contributed by atoms with Crippen molar-refractivity contribution in [2.45, 2.75) is 19.4 Å². The first-order chi connectivity index (χ1) is 10.2. The average molecular weight is 450 g/mol. The van der Waals surface area contributed by atoms with Gasteiger partial charge in [-0.25, -0.2) is 0 Å². The Labute approximate surface area is 158 Å². The SMILES string of the molecule is CN=C(NCc1ccc(Cl)cc1)NCC(C)c1cccs1.I. The number of hydrogen-bond donors (Lipinski definition) is 2. The summed E-state index contributed by atoms with van der Waals surface area (Å²) >= 11 is 7.67. The van der Waals surface area contributed by atoms with Crippen LogP contribution in [0.15, 0.2) is 46.8 Å². The van der Waals surface area contributed by atoms with Gasteiger partial charge in [0.05, 0.1) is 0 Å². The Morgan fingerprint density at radius 2 is 1.95 bits per heavy atom. The van der Waals surface area contributed by atoms with Crippen LogP contribution >= 0.6 is 46.9 Å². The minimum absolute atomic E-state index is 0. The van der Waals surface area contributed by atoms with Crippen molar-refractivity contribution >= 4 is 52.9 Å². The lowest BCUT2D eigenvalue weighted by Crippen LogP contribution is -2.38. The van der Waals surface area contributed by atoms with Crippen LogP contribution in [0.2, 0.25) is 5.02 Å². The molecule has 1 aromatic carbocycles. The highest BCUT2D eigenvalue weighted by Gasteiger charge is 2.07. The third kappa shape index (κ3) is 6.14. The van der Waals surface area contributed by atoms with Gasteiger partial charge in [0.25, 0.3) is 0 Å². The molecule has 0 radical (unpaired) electrons. The summed E-state index contributed by atoms with van der Waals surface area (Å²) in [6.07, 6.45) is 0. The molecule has 2 aromatic rings. The molecule has 2 rings (SSSR count). The number of nitrogens with one attached hydrogen (secondary N) is 2. The van der Waals surface area contributed by atoms with Crippen LogP contribution in [0.3, 0.4) is 0 Å². The van der Waals surface area contributed by atoms with Crippen molar-refractivity contribution in [2.75, 3.05) is 13.6 Å². The lowest BCUT2D eigenvalue weighted by atomic mass is 10.1.